The third-order valence-corrected chi connectivity index (χ3v) is 6.10. The Morgan fingerprint density at radius 3 is 2.94 bits per heavy atom. The van der Waals surface area contributed by atoms with Crippen molar-refractivity contribution in [2.45, 2.75) is 18.9 Å². The lowest BCUT2D eigenvalue weighted by atomic mass is 10.00. The van der Waals surface area contributed by atoms with Crippen LogP contribution in [0.3, 0.4) is 0 Å². The molecule has 3 aromatic heterocycles. The van der Waals surface area contributed by atoms with Gasteiger partial charge < -0.3 is 15.6 Å². The van der Waals surface area contributed by atoms with Crippen LogP contribution in [-0.2, 0) is 0 Å². The maximum Gasteiger partial charge on any atom is 0.269 e. The molecule has 0 bridgehead atoms. The number of nitrogens with one attached hydrogen (secondary N) is 1. The monoisotopic (exact) mass is 452 g/mol. The molecule has 5 rings (SSSR count). The minimum absolute atomic E-state index is 0.0932. The van der Waals surface area contributed by atoms with Gasteiger partial charge in [0.1, 0.15) is 17.0 Å². The first-order valence-electron chi connectivity index (χ1n) is 10.4. The third kappa shape index (κ3) is 3.55. The smallest absolute Gasteiger partial charge is 0.269 e. The van der Waals surface area contributed by atoms with Crippen LogP contribution in [0.15, 0.2) is 42.9 Å². The van der Waals surface area contributed by atoms with E-state index in [-0.39, 0.29) is 11.9 Å². The van der Waals surface area contributed by atoms with Gasteiger partial charge in [-0.25, -0.2) is 9.37 Å². The van der Waals surface area contributed by atoms with Gasteiger partial charge in [0, 0.05) is 78.6 Å². The molecular weight excluding hydrogens is 431 g/mol. The van der Waals surface area contributed by atoms with E-state index in [1.54, 1.807) is 18.5 Å². The summed E-state index contributed by atoms with van der Waals surface area (Å²) in [5, 5.41) is 1.44. The van der Waals surface area contributed by atoms with Crippen LogP contribution in [0.5, 0.6) is 0 Å². The first-order chi connectivity index (χ1) is 15.4. The largest absolute Gasteiger partial charge is 0.369 e. The van der Waals surface area contributed by atoms with Gasteiger partial charge in [0.25, 0.3) is 5.91 Å². The molecule has 0 radical (unpaired) electrons. The number of H-pyrrole nitrogens is 1. The number of benzene rings is 1. The number of aromatic amines is 1. The van der Waals surface area contributed by atoms with Crippen LogP contribution in [0.2, 0.25) is 0 Å². The third-order valence-electron chi connectivity index (χ3n) is 5.94. The van der Waals surface area contributed by atoms with E-state index in [1.165, 1.54) is 19.3 Å². The summed E-state index contributed by atoms with van der Waals surface area (Å²) in [6.07, 6.45) is 6.85. The molecule has 1 aliphatic heterocycles. The number of hydrogen-bond donors (Lipinski definition) is 2. The number of piperidine rings is 1. The second-order valence-electron chi connectivity index (χ2n) is 8.14. The van der Waals surface area contributed by atoms with Crippen molar-refractivity contribution in [2.24, 2.45) is 5.73 Å². The van der Waals surface area contributed by atoms with Crippen LogP contribution in [0.1, 0.15) is 23.2 Å². The zero-order valence-electron chi connectivity index (χ0n) is 17.5. The molecule has 1 atom stereocenters. The summed E-state index contributed by atoms with van der Waals surface area (Å²) in [7, 11) is 1.46. The number of rotatable bonds is 3. The lowest BCUT2D eigenvalue weighted by Crippen LogP contribution is -2.42. The quantitative estimate of drug-likeness (QED) is 0.457. The van der Waals surface area contributed by atoms with Crippen LogP contribution in [-0.4, -0.2) is 51.5 Å². The van der Waals surface area contributed by atoms with Gasteiger partial charge >= 0.3 is 0 Å². The minimum Gasteiger partial charge on any atom is -0.369 e. The number of fused-ring (bicyclic) bond motifs is 2. The van der Waals surface area contributed by atoms with E-state index in [0.717, 1.165) is 47.0 Å². The number of nitrogens with zero attached hydrogens (tertiary/aromatic N) is 4. The first kappa shape index (κ1) is 20.7. The van der Waals surface area contributed by atoms with Gasteiger partial charge in [0.05, 0.1) is 5.56 Å². The fraction of sp³-hybridized carbons (Fsp3) is 0.261. The average Bonchev–Trinajstić information content (AvgIpc) is 3.21. The molecule has 1 saturated heterocycles. The molecule has 7 nitrogen and oxygen atoms in total. The van der Waals surface area contributed by atoms with Gasteiger partial charge in [-0.05, 0) is 42.7 Å². The highest BCUT2D eigenvalue weighted by atomic mass is 35.5. The van der Waals surface area contributed by atoms with Crippen molar-refractivity contribution in [3.05, 3.63) is 54.2 Å². The number of amides is 1. The molecule has 4 aromatic rings. The number of hydrogen-bond acceptors (Lipinski definition) is 5. The Kier molecular flexibility index (Phi) is 5.19. The maximum atomic E-state index is 15.2. The van der Waals surface area contributed by atoms with E-state index in [9.17, 15) is 4.79 Å². The van der Waals surface area contributed by atoms with E-state index < -0.39 is 5.82 Å². The Morgan fingerprint density at radius 2 is 2.16 bits per heavy atom. The van der Waals surface area contributed by atoms with E-state index in [0.29, 0.717) is 27.7 Å². The summed E-state index contributed by atoms with van der Waals surface area (Å²) in [5.74, 6) is -0.776. The molecule has 4 heterocycles. The normalized spacial score (nSPS) is 16.6. The lowest BCUT2D eigenvalue weighted by molar-refractivity contribution is 0.0884. The zero-order valence-corrected chi connectivity index (χ0v) is 18.2. The van der Waals surface area contributed by atoms with Crippen molar-refractivity contribution in [1.29, 1.82) is 0 Å². The Labute approximate surface area is 189 Å². The molecule has 1 amide bonds. The Hall–Kier alpha value is -3.23. The van der Waals surface area contributed by atoms with Gasteiger partial charge in [-0.3, -0.25) is 14.2 Å². The van der Waals surface area contributed by atoms with E-state index in [4.69, 9.17) is 17.5 Å². The Balaban J connectivity index is 1.66. The summed E-state index contributed by atoms with van der Waals surface area (Å²) in [5.41, 5.74) is 9.78. The summed E-state index contributed by atoms with van der Waals surface area (Å²) in [4.78, 5) is 26.2. The Morgan fingerprint density at radius 1 is 1.31 bits per heavy atom. The summed E-state index contributed by atoms with van der Waals surface area (Å²) < 4.78 is 16.1. The van der Waals surface area contributed by atoms with Crippen LogP contribution in [0.25, 0.3) is 33.1 Å². The standard InChI is InChI=1S/C23H22ClFN6O/c1-30(24)23(32)14-8-16-18(11-29-22(16)28-10-14)13-7-17-20(31-6-2-3-15(26)12-31)4-5-27-21(17)19(25)9-13/h4-5,7-11,15H,2-3,6,12,26H2,1H3,(H,28,29)/t15-/m0/s1. The van der Waals surface area contributed by atoms with Gasteiger partial charge in [-0.15, -0.1) is 0 Å². The SMILES string of the molecule is CN(Cl)C(=O)c1cnc2[nH]cc(-c3cc(F)c4nccc(N5CCC[C@H](N)C5)c4c3)c2c1. The zero-order chi connectivity index (χ0) is 22.4. The number of anilines is 1. The maximum absolute atomic E-state index is 15.2. The second kappa shape index (κ2) is 8.03. The average molecular weight is 453 g/mol. The van der Waals surface area contributed by atoms with Crippen molar-refractivity contribution in [3.63, 3.8) is 0 Å². The van der Waals surface area contributed by atoms with Crippen molar-refractivity contribution in [2.75, 3.05) is 25.0 Å². The highest BCUT2D eigenvalue weighted by molar-refractivity contribution is 6.24. The molecule has 3 N–H and O–H groups in total. The van der Waals surface area contributed by atoms with E-state index >= 15 is 4.39 Å². The molecule has 1 fully saturated rings. The number of nitrogens with two attached hydrogens (primary N) is 1. The topological polar surface area (TPSA) is 91.1 Å². The number of pyridine rings is 2. The molecule has 0 aliphatic carbocycles. The molecule has 0 unspecified atom stereocenters. The van der Waals surface area contributed by atoms with Crippen LogP contribution >= 0.6 is 11.8 Å². The number of halogens is 2. The fourth-order valence-corrected chi connectivity index (χ4v) is 4.49. The first-order valence-corrected chi connectivity index (χ1v) is 10.8. The predicted molar refractivity (Wildman–Crippen MR) is 124 cm³/mol. The van der Waals surface area contributed by atoms with Crippen molar-refractivity contribution < 1.29 is 9.18 Å². The molecule has 164 valence electrons. The van der Waals surface area contributed by atoms with Crippen molar-refractivity contribution in [3.8, 4) is 11.1 Å². The van der Waals surface area contributed by atoms with Crippen LogP contribution in [0, 0.1) is 5.82 Å². The molecule has 0 saturated carbocycles. The van der Waals surface area contributed by atoms with Crippen LogP contribution in [0.4, 0.5) is 10.1 Å². The number of aromatic nitrogens is 3. The molecule has 9 heteroatoms. The van der Waals surface area contributed by atoms with Gasteiger partial charge in [0.2, 0.25) is 0 Å². The van der Waals surface area contributed by atoms with Gasteiger partial charge in [0.15, 0.2) is 0 Å². The number of carbonyl (C=O) groups is 1. The van der Waals surface area contributed by atoms with E-state index in [1.807, 2.05) is 12.1 Å². The molecular formula is C23H22ClFN6O. The highest BCUT2D eigenvalue weighted by Gasteiger charge is 2.21. The van der Waals surface area contributed by atoms with Crippen molar-refractivity contribution >= 4 is 45.3 Å². The van der Waals surface area contributed by atoms with Gasteiger partial charge in [-0.2, -0.15) is 0 Å². The fourth-order valence-electron chi connectivity index (χ4n) is 4.39. The summed E-state index contributed by atoms with van der Waals surface area (Å²) in [6.45, 7) is 1.59. The lowest BCUT2D eigenvalue weighted by Gasteiger charge is -2.33. The number of carbonyl (C=O) groups excluding carboxylic acids is 1. The summed E-state index contributed by atoms with van der Waals surface area (Å²) >= 11 is 5.81. The molecule has 0 spiro atoms. The Bertz CT molecular complexity index is 1340. The van der Waals surface area contributed by atoms with Crippen molar-refractivity contribution in [1.82, 2.24) is 19.4 Å². The van der Waals surface area contributed by atoms with Gasteiger partial charge in [-0.1, -0.05) is 0 Å². The molecule has 32 heavy (non-hydrogen) atoms. The molecule has 1 aromatic carbocycles. The highest BCUT2D eigenvalue weighted by Crippen LogP contribution is 2.35. The summed E-state index contributed by atoms with van der Waals surface area (Å²) in [6, 6.07) is 7.12. The molecule has 1 aliphatic rings. The van der Waals surface area contributed by atoms with Crippen LogP contribution < -0.4 is 10.6 Å². The predicted octanol–water partition coefficient (Wildman–Crippen LogP) is 4.07. The second-order valence-corrected chi connectivity index (χ2v) is 8.64. The van der Waals surface area contributed by atoms with E-state index in [2.05, 4.69) is 19.9 Å². The minimum atomic E-state index is -0.407.